The highest BCUT2D eigenvalue weighted by Crippen LogP contribution is 2.41. The van der Waals surface area contributed by atoms with Crippen molar-refractivity contribution in [2.24, 2.45) is 10.7 Å². The van der Waals surface area contributed by atoms with E-state index in [0.29, 0.717) is 12.0 Å². The van der Waals surface area contributed by atoms with Gasteiger partial charge in [0.15, 0.2) is 5.96 Å². The average molecular weight is 172 g/mol. The molecule has 0 saturated carbocycles. The van der Waals surface area contributed by atoms with Crippen molar-refractivity contribution in [3.63, 3.8) is 0 Å². The molecule has 2 N–H and O–H groups in total. The van der Waals surface area contributed by atoms with Gasteiger partial charge in [0.05, 0.1) is 11.7 Å². The molecular weight excluding hydrogens is 162 g/mol. The number of hydrogen-bond acceptors (Lipinski definition) is 3. The van der Waals surface area contributed by atoms with E-state index in [2.05, 4.69) is 22.0 Å². The number of aliphatic imine (C=N–C) groups is 1. The van der Waals surface area contributed by atoms with Gasteiger partial charge in [-0.25, -0.2) is 4.99 Å². The molecule has 65 valence electrons. The molecule has 1 unspecified atom stereocenters. The Labute approximate surface area is 76.9 Å². The lowest BCUT2D eigenvalue weighted by molar-refractivity contribution is 0.181. The fourth-order valence-electron chi connectivity index (χ4n) is 1.98. The van der Waals surface area contributed by atoms with Crippen LogP contribution in [0.15, 0.2) is 23.2 Å². The molecule has 1 radical (unpaired) electrons. The van der Waals surface area contributed by atoms with Crippen LogP contribution in [0, 0.1) is 6.07 Å². The van der Waals surface area contributed by atoms with Gasteiger partial charge in [0, 0.05) is 12.1 Å². The number of benzene rings is 1. The molecule has 3 rings (SSSR count). The number of fused-ring (bicyclic) bond motifs is 3. The van der Waals surface area contributed by atoms with E-state index < -0.39 is 0 Å². The first-order valence-electron chi connectivity index (χ1n) is 4.47. The molecule has 0 aromatic heterocycles. The summed E-state index contributed by atoms with van der Waals surface area (Å²) in [4.78, 5) is 6.46. The van der Waals surface area contributed by atoms with Crippen LogP contribution in [0.4, 0.5) is 5.69 Å². The third-order valence-electron chi connectivity index (χ3n) is 2.78. The second-order valence-electron chi connectivity index (χ2n) is 3.45. The first-order valence-corrected chi connectivity index (χ1v) is 4.47. The van der Waals surface area contributed by atoms with E-state index in [0.717, 1.165) is 12.2 Å². The largest absolute Gasteiger partial charge is 0.369 e. The summed E-state index contributed by atoms with van der Waals surface area (Å²) in [6, 6.07) is 9.42. The SMILES string of the molecule is NC1=Nc2c[c]ccc2C2CCN12. The molecule has 0 aliphatic carbocycles. The van der Waals surface area contributed by atoms with Crippen LogP contribution in [0.5, 0.6) is 0 Å². The maximum absolute atomic E-state index is 5.80. The smallest absolute Gasteiger partial charge is 0.197 e. The lowest BCUT2D eigenvalue weighted by Gasteiger charge is -2.44. The highest BCUT2D eigenvalue weighted by molar-refractivity contribution is 5.85. The molecular formula is C10H10N3. The van der Waals surface area contributed by atoms with Gasteiger partial charge in [-0.3, -0.25) is 0 Å². The predicted molar refractivity (Wildman–Crippen MR) is 50.6 cm³/mol. The van der Waals surface area contributed by atoms with Gasteiger partial charge in [-0.05, 0) is 18.6 Å². The monoisotopic (exact) mass is 172 g/mol. The standard InChI is InChI=1S/C10H10N3/c11-10-12-8-4-2-1-3-7(8)9-5-6-13(9)10/h1,3-4,9H,5-6H2,(H2,11,12). The van der Waals surface area contributed by atoms with Gasteiger partial charge < -0.3 is 10.6 Å². The Morgan fingerprint density at radius 3 is 3.31 bits per heavy atom. The summed E-state index contributed by atoms with van der Waals surface area (Å²) in [7, 11) is 0. The summed E-state index contributed by atoms with van der Waals surface area (Å²) in [5.41, 5.74) is 8.07. The summed E-state index contributed by atoms with van der Waals surface area (Å²) in [6.07, 6.45) is 1.19. The minimum atomic E-state index is 0.474. The van der Waals surface area contributed by atoms with Crippen molar-refractivity contribution >= 4 is 11.6 Å². The highest BCUT2D eigenvalue weighted by atomic mass is 15.3. The van der Waals surface area contributed by atoms with E-state index in [4.69, 9.17) is 5.73 Å². The summed E-state index contributed by atoms with van der Waals surface area (Å²) >= 11 is 0. The van der Waals surface area contributed by atoms with Crippen molar-refractivity contribution in [2.45, 2.75) is 12.5 Å². The van der Waals surface area contributed by atoms with E-state index >= 15 is 0 Å². The van der Waals surface area contributed by atoms with Crippen molar-refractivity contribution in [1.29, 1.82) is 0 Å². The minimum Gasteiger partial charge on any atom is -0.369 e. The van der Waals surface area contributed by atoms with E-state index in [-0.39, 0.29) is 0 Å². The molecule has 1 atom stereocenters. The van der Waals surface area contributed by atoms with E-state index in [1.54, 1.807) is 0 Å². The lowest BCUT2D eigenvalue weighted by atomic mass is 9.92. The molecule has 3 nitrogen and oxygen atoms in total. The average Bonchev–Trinajstić information content (AvgIpc) is 2.04. The molecule has 1 aromatic rings. The van der Waals surface area contributed by atoms with Crippen LogP contribution in [0.3, 0.4) is 0 Å². The van der Waals surface area contributed by atoms with Gasteiger partial charge >= 0.3 is 0 Å². The molecule has 2 aliphatic rings. The Morgan fingerprint density at radius 2 is 2.54 bits per heavy atom. The fraction of sp³-hybridized carbons (Fsp3) is 0.300. The van der Waals surface area contributed by atoms with Crippen LogP contribution in [0.2, 0.25) is 0 Å². The maximum Gasteiger partial charge on any atom is 0.197 e. The molecule has 2 heterocycles. The third kappa shape index (κ3) is 0.813. The van der Waals surface area contributed by atoms with Gasteiger partial charge in [-0.1, -0.05) is 12.1 Å². The second kappa shape index (κ2) is 2.25. The third-order valence-corrected chi connectivity index (χ3v) is 2.78. The molecule has 1 fully saturated rings. The Kier molecular flexibility index (Phi) is 1.20. The molecule has 1 saturated heterocycles. The first-order chi connectivity index (χ1) is 6.36. The Hall–Kier alpha value is -1.51. The van der Waals surface area contributed by atoms with Gasteiger partial charge in [0.1, 0.15) is 0 Å². The Morgan fingerprint density at radius 1 is 1.62 bits per heavy atom. The molecule has 13 heavy (non-hydrogen) atoms. The second-order valence-corrected chi connectivity index (χ2v) is 3.45. The summed E-state index contributed by atoms with van der Waals surface area (Å²) in [6.45, 7) is 1.04. The number of nitrogens with zero attached hydrogens (tertiary/aromatic N) is 2. The van der Waals surface area contributed by atoms with Gasteiger partial charge in [0.2, 0.25) is 0 Å². The topological polar surface area (TPSA) is 41.6 Å². The fourth-order valence-corrected chi connectivity index (χ4v) is 1.98. The zero-order chi connectivity index (χ0) is 8.84. The normalized spacial score (nSPS) is 24.2. The van der Waals surface area contributed by atoms with Crippen molar-refractivity contribution in [2.75, 3.05) is 6.54 Å². The van der Waals surface area contributed by atoms with E-state index in [9.17, 15) is 0 Å². The van der Waals surface area contributed by atoms with Crippen molar-refractivity contribution < 1.29 is 0 Å². The molecule has 0 spiro atoms. The van der Waals surface area contributed by atoms with Crippen LogP contribution >= 0.6 is 0 Å². The first kappa shape index (κ1) is 6.95. The molecule has 3 heteroatoms. The van der Waals surface area contributed by atoms with Gasteiger partial charge in [0.25, 0.3) is 0 Å². The molecule has 1 aromatic carbocycles. The van der Waals surface area contributed by atoms with Crippen molar-refractivity contribution in [3.8, 4) is 0 Å². The summed E-state index contributed by atoms with van der Waals surface area (Å²) in [5, 5.41) is 0. The molecule has 0 bridgehead atoms. The van der Waals surface area contributed by atoms with E-state index in [1.165, 1.54) is 12.0 Å². The van der Waals surface area contributed by atoms with Gasteiger partial charge in [-0.15, -0.1) is 0 Å². The highest BCUT2D eigenvalue weighted by Gasteiger charge is 2.35. The summed E-state index contributed by atoms with van der Waals surface area (Å²) in [5.74, 6) is 0.656. The Balaban J connectivity index is 2.18. The Bertz CT molecular complexity index is 384. The predicted octanol–water partition coefficient (Wildman–Crippen LogP) is 1.19. The van der Waals surface area contributed by atoms with E-state index in [1.807, 2.05) is 12.1 Å². The van der Waals surface area contributed by atoms with Crippen LogP contribution in [0.25, 0.3) is 0 Å². The zero-order valence-corrected chi connectivity index (χ0v) is 7.20. The molecule has 2 aliphatic heterocycles. The number of hydrogen-bond donors (Lipinski definition) is 1. The van der Waals surface area contributed by atoms with Crippen LogP contribution in [-0.4, -0.2) is 17.4 Å². The zero-order valence-electron chi connectivity index (χ0n) is 7.20. The van der Waals surface area contributed by atoms with Gasteiger partial charge in [-0.2, -0.15) is 0 Å². The maximum atomic E-state index is 5.80. The number of guanidine groups is 1. The number of nitrogens with two attached hydrogens (primary N) is 1. The minimum absolute atomic E-state index is 0.474. The van der Waals surface area contributed by atoms with Crippen molar-refractivity contribution in [1.82, 2.24) is 4.90 Å². The van der Waals surface area contributed by atoms with Crippen LogP contribution < -0.4 is 5.73 Å². The van der Waals surface area contributed by atoms with Crippen LogP contribution in [-0.2, 0) is 0 Å². The van der Waals surface area contributed by atoms with Crippen LogP contribution in [0.1, 0.15) is 18.0 Å². The molecule has 0 amide bonds. The van der Waals surface area contributed by atoms with Crippen molar-refractivity contribution in [3.05, 3.63) is 29.8 Å². The summed E-state index contributed by atoms with van der Waals surface area (Å²) < 4.78 is 0. The number of rotatable bonds is 0. The quantitative estimate of drug-likeness (QED) is 0.638. The lowest BCUT2D eigenvalue weighted by Crippen LogP contribution is -2.50.